The number of carbonyl (C=O) groups is 1. The van der Waals surface area contributed by atoms with Gasteiger partial charge in [-0.2, -0.15) is 5.26 Å². The number of anilines is 1. The lowest BCUT2D eigenvalue weighted by molar-refractivity contribution is -0.137. The van der Waals surface area contributed by atoms with Crippen LogP contribution >= 0.6 is 0 Å². The zero-order chi connectivity index (χ0) is 12.7. The van der Waals surface area contributed by atoms with Crippen LogP contribution in [0, 0.1) is 11.3 Å². The second-order valence-corrected chi connectivity index (χ2v) is 3.59. The highest BCUT2D eigenvalue weighted by Crippen LogP contribution is 2.13. The summed E-state index contributed by atoms with van der Waals surface area (Å²) < 4.78 is 0. The molecule has 0 saturated heterocycles. The molecule has 0 aliphatic rings. The highest BCUT2D eigenvalue weighted by Gasteiger charge is 2.14. The molecule has 1 aromatic heterocycles. The van der Waals surface area contributed by atoms with Crippen molar-refractivity contribution in [1.82, 2.24) is 9.97 Å². The minimum Gasteiger partial charge on any atom is -0.481 e. The Morgan fingerprint density at radius 3 is 2.88 bits per heavy atom. The molecule has 0 aliphatic carbocycles. The van der Waals surface area contributed by atoms with Crippen molar-refractivity contribution in [2.75, 3.05) is 5.32 Å². The molecule has 90 valence electrons. The molecule has 1 heterocycles. The van der Waals surface area contributed by atoms with E-state index in [1.165, 1.54) is 12.4 Å². The number of carboxylic acids is 1. The number of hydrogen-bond acceptors (Lipinski definition) is 5. The Morgan fingerprint density at radius 2 is 2.29 bits per heavy atom. The molecule has 0 aliphatic heterocycles. The van der Waals surface area contributed by atoms with E-state index in [-0.39, 0.29) is 18.2 Å². The Morgan fingerprint density at radius 1 is 1.59 bits per heavy atom. The zero-order valence-corrected chi connectivity index (χ0v) is 9.55. The van der Waals surface area contributed by atoms with Crippen LogP contribution in [0.25, 0.3) is 0 Å². The first-order chi connectivity index (χ1) is 8.17. The van der Waals surface area contributed by atoms with E-state index in [4.69, 9.17) is 10.4 Å². The van der Waals surface area contributed by atoms with Crippen molar-refractivity contribution in [2.24, 2.45) is 0 Å². The van der Waals surface area contributed by atoms with Gasteiger partial charge in [0.1, 0.15) is 6.07 Å². The molecule has 0 amide bonds. The second-order valence-electron chi connectivity index (χ2n) is 3.59. The van der Waals surface area contributed by atoms with Crippen molar-refractivity contribution in [2.45, 2.75) is 32.2 Å². The van der Waals surface area contributed by atoms with Gasteiger partial charge in [-0.1, -0.05) is 13.3 Å². The third kappa shape index (κ3) is 4.07. The Bertz CT molecular complexity index is 428. The van der Waals surface area contributed by atoms with Crippen LogP contribution in [0.2, 0.25) is 0 Å². The van der Waals surface area contributed by atoms with Crippen LogP contribution in [0.3, 0.4) is 0 Å². The van der Waals surface area contributed by atoms with Crippen molar-refractivity contribution in [3.8, 4) is 6.07 Å². The number of nitrogens with zero attached hydrogens (tertiary/aromatic N) is 3. The molecule has 0 fully saturated rings. The quantitative estimate of drug-likeness (QED) is 0.771. The van der Waals surface area contributed by atoms with Gasteiger partial charge in [-0.3, -0.25) is 4.79 Å². The summed E-state index contributed by atoms with van der Waals surface area (Å²) in [5, 5.41) is 20.6. The van der Waals surface area contributed by atoms with Gasteiger partial charge in [0.2, 0.25) is 0 Å². The van der Waals surface area contributed by atoms with Crippen molar-refractivity contribution < 1.29 is 9.90 Å². The summed E-state index contributed by atoms with van der Waals surface area (Å²) in [7, 11) is 0. The SMILES string of the molecule is CCCC(CC(=O)O)Nc1nccnc1C#N. The van der Waals surface area contributed by atoms with Crippen LogP contribution in [0.4, 0.5) is 5.82 Å². The van der Waals surface area contributed by atoms with Gasteiger partial charge < -0.3 is 10.4 Å². The van der Waals surface area contributed by atoms with E-state index in [1.54, 1.807) is 0 Å². The summed E-state index contributed by atoms with van der Waals surface area (Å²) in [5.41, 5.74) is 0.180. The summed E-state index contributed by atoms with van der Waals surface area (Å²) in [6.45, 7) is 1.97. The third-order valence-electron chi connectivity index (χ3n) is 2.20. The van der Waals surface area contributed by atoms with Crippen LogP contribution in [-0.4, -0.2) is 27.1 Å². The minimum atomic E-state index is -0.877. The number of hydrogen-bond donors (Lipinski definition) is 2. The van der Waals surface area contributed by atoms with Gasteiger partial charge in [0.25, 0.3) is 0 Å². The fraction of sp³-hybridized carbons (Fsp3) is 0.455. The maximum absolute atomic E-state index is 10.7. The molecule has 1 atom stereocenters. The van der Waals surface area contributed by atoms with Crippen LogP contribution in [0.5, 0.6) is 0 Å². The van der Waals surface area contributed by atoms with Gasteiger partial charge in [-0.25, -0.2) is 9.97 Å². The lowest BCUT2D eigenvalue weighted by atomic mass is 10.1. The van der Waals surface area contributed by atoms with E-state index in [0.29, 0.717) is 12.2 Å². The zero-order valence-electron chi connectivity index (χ0n) is 9.55. The number of carboxylic acid groups (broad SMARTS) is 1. The molecule has 0 aromatic carbocycles. The highest BCUT2D eigenvalue weighted by atomic mass is 16.4. The molecule has 0 saturated carbocycles. The smallest absolute Gasteiger partial charge is 0.305 e. The van der Waals surface area contributed by atoms with Crippen LogP contribution < -0.4 is 5.32 Å². The van der Waals surface area contributed by atoms with E-state index in [9.17, 15) is 4.79 Å². The average molecular weight is 234 g/mol. The maximum Gasteiger partial charge on any atom is 0.305 e. The van der Waals surface area contributed by atoms with Crippen molar-refractivity contribution in [3.63, 3.8) is 0 Å². The molecule has 1 rings (SSSR count). The molecular weight excluding hydrogens is 220 g/mol. The molecule has 0 bridgehead atoms. The van der Waals surface area contributed by atoms with Gasteiger partial charge >= 0.3 is 5.97 Å². The number of aliphatic carboxylic acids is 1. The maximum atomic E-state index is 10.7. The van der Waals surface area contributed by atoms with Gasteiger partial charge in [0, 0.05) is 18.4 Å². The predicted octanol–water partition coefficient (Wildman–Crippen LogP) is 1.40. The molecule has 1 unspecified atom stereocenters. The van der Waals surface area contributed by atoms with Crippen LogP contribution in [0.15, 0.2) is 12.4 Å². The van der Waals surface area contributed by atoms with Crippen molar-refractivity contribution in [1.29, 1.82) is 5.26 Å². The summed E-state index contributed by atoms with van der Waals surface area (Å²) >= 11 is 0. The Labute approximate surface area is 99.3 Å². The molecule has 0 radical (unpaired) electrons. The number of aromatic nitrogens is 2. The molecule has 6 nitrogen and oxygen atoms in total. The Hall–Kier alpha value is -2.16. The molecule has 2 N–H and O–H groups in total. The molecule has 6 heteroatoms. The summed E-state index contributed by atoms with van der Waals surface area (Å²) in [5.74, 6) is -0.534. The van der Waals surface area contributed by atoms with E-state index in [1.807, 2.05) is 13.0 Å². The highest BCUT2D eigenvalue weighted by molar-refractivity contribution is 5.68. The van der Waals surface area contributed by atoms with Crippen molar-refractivity contribution in [3.05, 3.63) is 18.1 Å². The molecule has 0 spiro atoms. The standard InChI is InChI=1S/C11H14N4O2/c1-2-3-8(6-10(16)17)15-11-9(7-12)13-4-5-14-11/h4-5,8H,2-3,6H2,1H3,(H,14,15)(H,16,17). The largest absolute Gasteiger partial charge is 0.481 e. The first kappa shape index (κ1) is 12.9. The summed E-state index contributed by atoms with van der Waals surface area (Å²) in [4.78, 5) is 18.5. The summed E-state index contributed by atoms with van der Waals surface area (Å²) in [6, 6.07) is 1.68. The van der Waals surface area contributed by atoms with Crippen LogP contribution in [-0.2, 0) is 4.79 Å². The van der Waals surface area contributed by atoms with Gasteiger partial charge in [-0.15, -0.1) is 0 Å². The number of rotatable bonds is 6. The second kappa shape index (κ2) is 6.43. The Kier molecular flexibility index (Phi) is 4.88. The van der Waals surface area contributed by atoms with E-state index in [0.717, 1.165) is 6.42 Å². The number of nitriles is 1. The Balaban J connectivity index is 2.78. The lowest BCUT2D eigenvalue weighted by Crippen LogP contribution is -2.24. The normalized spacial score (nSPS) is 11.5. The van der Waals surface area contributed by atoms with E-state index >= 15 is 0 Å². The predicted molar refractivity (Wildman–Crippen MR) is 61.3 cm³/mol. The third-order valence-corrected chi connectivity index (χ3v) is 2.20. The molecule has 1 aromatic rings. The minimum absolute atomic E-state index is 0.00468. The average Bonchev–Trinajstić information content (AvgIpc) is 2.29. The first-order valence-electron chi connectivity index (χ1n) is 5.36. The van der Waals surface area contributed by atoms with E-state index in [2.05, 4.69) is 15.3 Å². The fourth-order valence-electron chi connectivity index (χ4n) is 1.50. The first-order valence-corrected chi connectivity index (χ1v) is 5.36. The van der Waals surface area contributed by atoms with E-state index < -0.39 is 5.97 Å². The monoisotopic (exact) mass is 234 g/mol. The van der Waals surface area contributed by atoms with Crippen molar-refractivity contribution >= 4 is 11.8 Å². The van der Waals surface area contributed by atoms with Gasteiger partial charge in [0.05, 0.1) is 6.42 Å². The number of nitrogens with one attached hydrogen (secondary N) is 1. The summed E-state index contributed by atoms with van der Waals surface area (Å²) in [6.07, 6.45) is 4.44. The fourth-order valence-corrected chi connectivity index (χ4v) is 1.50. The molecule has 17 heavy (non-hydrogen) atoms. The van der Waals surface area contributed by atoms with Gasteiger partial charge in [-0.05, 0) is 6.42 Å². The van der Waals surface area contributed by atoms with Crippen LogP contribution in [0.1, 0.15) is 31.9 Å². The molecular formula is C11H14N4O2. The lowest BCUT2D eigenvalue weighted by Gasteiger charge is -2.16. The van der Waals surface area contributed by atoms with Gasteiger partial charge in [0.15, 0.2) is 11.5 Å². The topological polar surface area (TPSA) is 98.9 Å².